The summed E-state index contributed by atoms with van der Waals surface area (Å²) in [4.78, 5) is 29.6. The normalized spacial score (nSPS) is 15.7. The fourth-order valence-electron chi connectivity index (χ4n) is 1.97. The first-order valence-corrected chi connectivity index (χ1v) is 7.84. The Morgan fingerprint density at radius 2 is 2.14 bits per heavy atom. The number of thiazole rings is 1. The van der Waals surface area contributed by atoms with E-state index in [1.165, 1.54) is 11.3 Å². The van der Waals surface area contributed by atoms with Gasteiger partial charge in [-0.25, -0.2) is 4.98 Å². The Hall–Kier alpha value is -1.51. The van der Waals surface area contributed by atoms with E-state index in [9.17, 15) is 9.59 Å². The van der Waals surface area contributed by atoms with Crippen LogP contribution in [0.5, 0.6) is 0 Å². The summed E-state index contributed by atoms with van der Waals surface area (Å²) in [6.45, 7) is 6.61. The Morgan fingerprint density at radius 3 is 2.81 bits per heavy atom. The average molecular weight is 312 g/mol. The molecule has 1 saturated heterocycles. The van der Waals surface area contributed by atoms with Gasteiger partial charge in [0.05, 0.1) is 18.9 Å². The first-order valence-electron chi connectivity index (χ1n) is 6.96. The van der Waals surface area contributed by atoms with Crippen LogP contribution in [0.1, 0.15) is 12.1 Å². The van der Waals surface area contributed by atoms with Gasteiger partial charge in [0.1, 0.15) is 0 Å². The van der Waals surface area contributed by atoms with E-state index in [0.29, 0.717) is 11.7 Å². The zero-order valence-corrected chi connectivity index (χ0v) is 12.9. The highest BCUT2D eigenvalue weighted by atomic mass is 32.1. The number of hydrogen-bond acceptors (Lipinski definition) is 6. The molecule has 1 aromatic heterocycles. The number of anilines is 1. The van der Waals surface area contributed by atoms with Gasteiger partial charge in [-0.2, -0.15) is 0 Å². The van der Waals surface area contributed by atoms with Gasteiger partial charge in [0.2, 0.25) is 0 Å². The Balaban J connectivity index is 1.61. The van der Waals surface area contributed by atoms with Gasteiger partial charge in [-0.15, -0.1) is 11.3 Å². The number of ether oxygens (including phenoxy) is 1. The Morgan fingerprint density at radius 1 is 1.38 bits per heavy atom. The molecular weight excluding hydrogens is 292 g/mol. The van der Waals surface area contributed by atoms with Crippen molar-refractivity contribution in [1.29, 1.82) is 0 Å². The molecule has 2 rings (SSSR count). The molecule has 0 aromatic carbocycles. The van der Waals surface area contributed by atoms with Crippen LogP contribution in [-0.2, 0) is 14.3 Å². The molecule has 1 aromatic rings. The van der Waals surface area contributed by atoms with E-state index < -0.39 is 11.8 Å². The van der Waals surface area contributed by atoms with Crippen molar-refractivity contribution < 1.29 is 14.3 Å². The van der Waals surface area contributed by atoms with Crippen LogP contribution in [0, 0.1) is 6.92 Å². The standard InChI is InChI=1S/C13H20N4O3S/c1-10-9-21-13(15-10)16-12(19)11(18)14-3-2-4-17-5-7-20-8-6-17/h9H,2-8H2,1H3,(H,14,18)(H,15,16,19). The number of nitrogens with one attached hydrogen (secondary N) is 2. The van der Waals surface area contributed by atoms with Crippen molar-refractivity contribution in [3.63, 3.8) is 0 Å². The van der Waals surface area contributed by atoms with Crippen molar-refractivity contribution in [2.24, 2.45) is 0 Å². The van der Waals surface area contributed by atoms with Crippen LogP contribution in [0.3, 0.4) is 0 Å². The van der Waals surface area contributed by atoms with E-state index in [1.54, 1.807) is 0 Å². The van der Waals surface area contributed by atoms with E-state index in [1.807, 2.05) is 12.3 Å². The Bertz CT molecular complexity index is 486. The molecule has 1 aliphatic rings. The smallest absolute Gasteiger partial charge is 0.315 e. The number of carbonyl (C=O) groups excluding carboxylic acids is 2. The zero-order valence-electron chi connectivity index (χ0n) is 12.1. The maximum Gasteiger partial charge on any atom is 0.315 e. The fraction of sp³-hybridized carbons (Fsp3) is 0.615. The van der Waals surface area contributed by atoms with E-state index in [4.69, 9.17) is 4.74 Å². The lowest BCUT2D eigenvalue weighted by atomic mass is 10.3. The van der Waals surface area contributed by atoms with Crippen LogP contribution in [0.15, 0.2) is 5.38 Å². The molecule has 0 saturated carbocycles. The third kappa shape index (κ3) is 5.41. The highest BCUT2D eigenvalue weighted by molar-refractivity contribution is 7.14. The quantitative estimate of drug-likeness (QED) is 0.601. The molecule has 0 bridgehead atoms. The van der Waals surface area contributed by atoms with Gasteiger partial charge in [0, 0.05) is 25.0 Å². The molecule has 2 heterocycles. The van der Waals surface area contributed by atoms with Gasteiger partial charge in [0.15, 0.2) is 5.13 Å². The second kappa shape index (κ2) is 8.06. The number of hydrogen-bond donors (Lipinski definition) is 2. The second-order valence-corrected chi connectivity index (χ2v) is 5.67. The number of morpholine rings is 1. The zero-order chi connectivity index (χ0) is 15.1. The minimum Gasteiger partial charge on any atom is -0.379 e. The van der Waals surface area contributed by atoms with E-state index in [0.717, 1.165) is 45.0 Å². The van der Waals surface area contributed by atoms with Crippen LogP contribution in [-0.4, -0.2) is 61.1 Å². The predicted molar refractivity (Wildman–Crippen MR) is 80.4 cm³/mol. The van der Waals surface area contributed by atoms with Crippen LogP contribution in [0.2, 0.25) is 0 Å². The third-order valence-electron chi connectivity index (χ3n) is 3.09. The number of nitrogens with zero attached hydrogens (tertiary/aromatic N) is 2. The molecule has 0 aliphatic carbocycles. The molecule has 1 fully saturated rings. The van der Waals surface area contributed by atoms with Gasteiger partial charge in [-0.05, 0) is 19.9 Å². The molecule has 2 amide bonds. The van der Waals surface area contributed by atoms with Gasteiger partial charge in [-0.3, -0.25) is 19.8 Å². The lowest BCUT2D eigenvalue weighted by Gasteiger charge is -2.26. The minimum atomic E-state index is -0.671. The van der Waals surface area contributed by atoms with E-state index >= 15 is 0 Å². The summed E-state index contributed by atoms with van der Waals surface area (Å²) in [5.74, 6) is -1.29. The third-order valence-corrected chi connectivity index (χ3v) is 3.96. The molecule has 0 atom stereocenters. The Labute approximate surface area is 127 Å². The first kappa shape index (κ1) is 15.9. The molecule has 21 heavy (non-hydrogen) atoms. The van der Waals surface area contributed by atoms with Crippen LogP contribution in [0.4, 0.5) is 5.13 Å². The SMILES string of the molecule is Cc1csc(NC(=O)C(=O)NCCCN2CCOCC2)n1. The summed E-state index contributed by atoms with van der Waals surface area (Å²) in [5, 5.41) is 7.36. The highest BCUT2D eigenvalue weighted by Crippen LogP contribution is 2.13. The Kier molecular flexibility index (Phi) is 6.09. The predicted octanol–water partition coefficient (Wildman–Crippen LogP) is 0.229. The first-order chi connectivity index (χ1) is 10.1. The molecule has 1 aliphatic heterocycles. The van der Waals surface area contributed by atoms with Crippen molar-refractivity contribution >= 4 is 28.3 Å². The van der Waals surface area contributed by atoms with Gasteiger partial charge < -0.3 is 10.1 Å². The lowest BCUT2D eigenvalue weighted by Crippen LogP contribution is -2.39. The molecular formula is C13H20N4O3S. The van der Waals surface area contributed by atoms with Crippen molar-refractivity contribution in [1.82, 2.24) is 15.2 Å². The molecule has 0 radical (unpaired) electrons. The van der Waals surface area contributed by atoms with Crippen LogP contribution >= 0.6 is 11.3 Å². The number of carbonyl (C=O) groups is 2. The van der Waals surface area contributed by atoms with E-state index in [2.05, 4.69) is 20.5 Å². The number of aryl methyl sites for hydroxylation is 1. The highest BCUT2D eigenvalue weighted by Gasteiger charge is 2.15. The topological polar surface area (TPSA) is 83.6 Å². The summed E-state index contributed by atoms with van der Waals surface area (Å²) in [5.41, 5.74) is 0.821. The molecule has 0 unspecified atom stereocenters. The molecule has 2 N–H and O–H groups in total. The van der Waals surface area contributed by atoms with Gasteiger partial charge >= 0.3 is 11.8 Å². The average Bonchev–Trinajstić information content (AvgIpc) is 2.89. The molecule has 0 spiro atoms. The molecule has 8 heteroatoms. The summed E-state index contributed by atoms with van der Waals surface area (Å²) < 4.78 is 5.26. The summed E-state index contributed by atoms with van der Waals surface area (Å²) >= 11 is 1.30. The maximum absolute atomic E-state index is 11.6. The second-order valence-electron chi connectivity index (χ2n) is 4.81. The molecule has 116 valence electrons. The van der Waals surface area contributed by atoms with Gasteiger partial charge in [0.25, 0.3) is 0 Å². The van der Waals surface area contributed by atoms with Crippen molar-refractivity contribution in [2.45, 2.75) is 13.3 Å². The minimum absolute atomic E-state index is 0.445. The maximum atomic E-state index is 11.6. The monoisotopic (exact) mass is 312 g/mol. The van der Waals surface area contributed by atoms with Crippen molar-refractivity contribution in [3.05, 3.63) is 11.1 Å². The summed E-state index contributed by atoms with van der Waals surface area (Å²) in [7, 11) is 0. The molecule has 7 nitrogen and oxygen atoms in total. The van der Waals surface area contributed by atoms with E-state index in [-0.39, 0.29) is 0 Å². The number of rotatable bonds is 5. The fourth-order valence-corrected chi connectivity index (χ4v) is 2.66. The van der Waals surface area contributed by atoms with Gasteiger partial charge in [-0.1, -0.05) is 0 Å². The van der Waals surface area contributed by atoms with Crippen molar-refractivity contribution in [2.75, 3.05) is 44.7 Å². The van der Waals surface area contributed by atoms with Crippen LogP contribution < -0.4 is 10.6 Å². The summed E-state index contributed by atoms with van der Waals surface area (Å²) in [6, 6.07) is 0. The van der Waals surface area contributed by atoms with Crippen molar-refractivity contribution in [3.8, 4) is 0 Å². The summed E-state index contributed by atoms with van der Waals surface area (Å²) in [6.07, 6.45) is 0.815. The number of aromatic nitrogens is 1. The largest absolute Gasteiger partial charge is 0.379 e. The lowest BCUT2D eigenvalue weighted by molar-refractivity contribution is -0.136. The number of amides is 2. The van der Waals surface area contributed by atoms with Crippen LogP contribution in [0.25, 0.3) is 0 Å².